The number of hydrogen-bond donors (Lipinski definition) is 3. The molecule has 2 aromatic rings. The minimum atomic E-state index is -0.233. The molecule has 2 rings (SSSR count). The molecule has 0 aromatic carbocycles. The van der Waals surface area contributed by atoms with Crippen LogP contribution < -0.4 is 5.56 Å². The van der Waals surface area contributed by atoms with E-state index in [4.69, 9.17) is 12.2 Å². The molecule has 0 aliphatic heterocycles. The van der Waals surface area contributed by atoms with Crippen LogP contribution in [-0.4, -0.2) is 19.9 Å². The quantitative estimate of drug-likeness (QED) is 0.623. The molecule has 0 saturated carbocycles. The normalized spacial score (nSPS) is 11.4. The summed E-state index contributed by atoms with van der Waals surface area (Å²) < 4.78 is 0.296. The molecule has 74 valence electrons. The molecule has 0 fully saturated rings. The summed E-state index contributed by atoms with van der Waals surface area (Å²) in [5.41, 5.74) is 0.730. The first kappa shape index (κ1) is 9.14. The third-order valence-electron chi connectivity index (χ3n) is 1.96. The van der Waals surface area contributed by atoms with Gasteiger partial charge in [0.25, 0.3) is 5.56 Å². The molecule has 0 spiro atoms. The van der Waals surface area contributed by atoms with Gasteiger partial charge in [-0.15, -0.1) is 0 Å². The molecule has 0 aliphatic carbocycles. The van der Waals surface area contributed by atoms with Gasteiger partial charge in [-0.3, -0.25) is 9.78 Å². The molecule has 2 aromatic heterocycles. The van der Waals surface area contributed by atoms with E-state index in [1.165, 1.54) is 0 Å². The Balaban J connectivity index is 2.84. The van der Waals surface area contributed by atoms with Gasteiger partial charge in [-0.25, -0.2) is 4.98 Å². The van der Waals surface area contributed by atoms with Crippen molar-refractivity contribution < 1.29 is 0 Å². The Morgan fingerprint density at radius 1 is 1.29 bits per heavy atom. The van der Waals surface area contributed by atoms with Crippen molar-refractivity contribution in [1.82, 2.24) is 19.9 Å². The minimum absolute atomic E-state index is 0.233. The van der Waals surface area contributed by atoms with E-state index in [0.29, 0.717) is 15.9 Å². The fourth-order valence-electron chi connectivity index (χ4n) is 1.22. The lowest BCUT2D eigenvalue weighted by atomic mass is 10.2. The molecular weight excluding hydrogens is 200 g/mol. The Hall–Kier alpha value is -1.43. The predicted molar refractivity (Wildman–Crippen MR) is 56.0 cm³/mol. The van der Waals surface area contributed by atoms with Crippen LogP contribution in [0.5, 0.6) is 0 Å². The van der Waals surface area contributed by atoms with Crippen LogP contribution in [0, 0.1) is 4.77 Å². The van der Waals surface area contributed by atoms with Crippen molar-refractivity contribution >= 4 is 23.4 Å². The molecule has 14 heavy (non-hydrogen) atoms. The number of fused-ring (bicyclic) bond motifs is 1. The summed E-state index contributed by atoms with van der Waals surface area (Å²) in [5, 5.41) is 0. The zero-order chi connectivity index (χ0) is 10.3. The van der Waals surface area contributed by atoms with Crippen LogP contribution in [0.25, 0.3) is 11.2 Å². The highest BCUT2D eigenvalue weighted by Crippen LogP contribution is 2.11. The van der Waals surface area contributed by atoms with Gasteiger partial charge in [0.2, 0.25) is 0 Å². The maximum atomic E-state index is 11.4. The number of nitrogens with one attached hydrogen (secondary N) is 3. The van der Waals surface area contributed by atoms with Gasteiger partial charge in [-0.1, -0.05) is 13.8 Å². The van der Waals surface area contributed by atoms with Crippen LogP contribution in [-0.2, 0) is 0 Å². The zero-order valence-corrected chi connectivity index (χ0v) is 8.66. The van der Waals surface area contributed by atoms with Gasteiger partial charge < -0.3 is 9.97 Å². The third kappa shape index (κ3) is 1.37. The molecular formula is C8H10N4OS. The van der Waals surface area contributed by atoms with Gasteiger partial charge in [-0.2, -0.15) is 0 Å². The van der Waals surface area contributed by atoms with Gasteiger partial charge >= 0.3 is 0 Å². The SMILES string of the molecule is CC(C)c1nc2[nH]c(=S)[nH]c(=O)c2[nH]1. The summed E-state index contributed by atoms with van der Waals surface area (Å²) in [6, 6.07) is 0. The molecule has 3 N–H and O–H groups in total. The van der Waals surface area contributed by atoms with Crippen LogP contribution in [0.4, 0.5) is 0 Å². The highest BCUT2D eigenvalue weighted by atomic mass is 32.1. The molecule has 2 heterocycles. The summed E-state index contributed by atoms with van der Waals surface area (Å²) in [6.45, 7) is 4.00. The summed E-state index contributed by atoms with van der Waals surface area (Å²) in [4.78, 5) is 23.9. The van der Waals surface area contributed by atoms with Crippen LogP contribution in [0.3, 0.4) is 0 Å². The van der Waals surface area contributed by atoms with Crippen molar-refractivity contribution in [2.24, 2.45) is 0 Å². The predicted octanol–water partition coefficient (Wildman–Crippen LogP) is 1.43. The summed E-state index contributed by atoms with van der Waals surface area (Å²) in [7, 11) is 0. The van der Waals surface area contributed by atoms with E-state index < -0.39 is 0 Å². The standard InChI is InChI=1S/C8H10N4OS/c1-3(2)5-9-4-6(10-5)11-8(14)12-7(4)13/h3H,1-2H3,(H3,9,10,11,12,13,14). The highest BCUT2D eigenvalue weighted by molar-refractivity contribution is 7.71. The first-order chi connectivity index (χ1) is 6.58. The van der Waals surface area contributed by atoms with Crippen molar-refractivity contribution in [3.05, 3.63) is 20.9 Å². The molecule has 0 aliphatic rings. The Labute approximate surface area is 84.6 Å². The second kappa shape index (κ2) is 3.06. The average Bonchev–Trinajstić information content (AvgIpc) is 2.47. The monoisotopic (exact) mass is 210 g/mol. The number of aromatic amines is 3. The average molecular weight is 210 g/mol. The van der Waals surface area contributed by atoms with Gasteiger partial charge in [0.15, 0.2) is 10.4 Å². The molecule has 5 nitrogen and oxygen atoms in total. The van der Waals surface area contributed by atoms with E-state index in [-0.39, 0.29) is 11.5 Å². The second-order valence-electron chi connectivity index (χ2n) is 3.41. The fourth-order valence-corrected chi connectivity index (χ4v) is 1.41. The molecule has 0 atom stereocenters. The topological polar surface area (TPSA) is 77.3 Å². The number of hydrogen-bond acceptors (Lipinski definition) is 3. The molecule has 0 saturated heterocycles. The van der Waals surface area contributed by atoms with Crippen LogP contribution in [0.2, 0.25) is 0 Å². The lowest BCUT2D eigenvalue weighted by Gasteiger charge is -1.95. The van der Waals surface area contributed by atoms with Crippen LogP contribution >= 0.6 is 12.2 Å². The number of imidazole rings is 1. The summed E-state index contributed by atoms with van der Waals surface area (Å²) in [5.74, 6) is 1.03. The van der Waals surface area contributed by atoms with Crippen LogP contribution in [0.15, 0.2) is 4.79 Å². The minimum Gasteiger partial charge on any atom is -0.336 e. The summed E-state index contributed by atoms with van der Waals surface area (Å²) >= 11 is 4.84. The van der Waals surface area contributed by atoms with E-state index in [9.17, 15) is 4.79 Å². The van der Waals surface area contributed by atoms with E-state index >= 15 is 0 Å². The smallest absolute Gasteiger partial charge is 0.277 e. The first-order valence-electron chi connectivity index (χ1n) is 4.30. The van der Waals surface area contributed by atoms with Gasteiger partial charge in [0.1, 0.15) is 11.3 Å². The second-order valence-corrected chi connectivity index (χ2v) is 3.82. The van der Waals surface area contributed by atoms with Crippen molar-refractivity contribution in [3.63, 3.8) is 0 Å². The van der Waals surface area contributed by atoms with Crippen molar-refractivity contribution in [2.75, 3.05) is 0 Å². The van der Waals surface area contributed by atoms with Crippen LogP contribution in [0.1, 0.15) is 25.6 Å². The van der Waals surface area contributed by atoms with E-state index in [1.807, 2.05) is 13.8 Å². The molecule has 0 unspecified atom stereocenters. The van der Waals surface area contributed by atoms with E-state index in [0.717, 1.165) is 5.82 Å². The third-order valence-corrected chi connectivity index (χ3v) is 2.16. The Bertz CT molecular complexity index is 577. The number of nitrogens with zero attached hydrogens (tertiary/aromatic N) is 1. The number of H-pyrrole nitrogens is 3. The Kier molecular flexibility index (Phi) is 1.99. The maximum absolute atomic E-state index is 11.4. The highest BCUT2D eigenvalue weighted by Gasteiger charge is 2.08. The maximum Gasteiger partial charge on any atom is 0.277 e. The molecule has 0 amide bonds. The number of aromatic nitrogens is 4. The molecule has 6 heteroatoms. The zero-order valence-electron chi connectivity index (χ0n) is 7.84. The summed E-state index contributed by atoms with van der Waals surface area (Å²) in [6.07, 6.45) is 0. The number of rotatable bonds is 1. The molecule has 0 bridgehead atoms. The van der Waals surface area contributed by atoms with Gasteiger partial charge in [0.05, 0.1) is 0 Å². The van der Waals surface area contributed by atoms with E-state index in [2.05, 4.69) is 19.9 Å². The van der Waals surface area contributed by atoms with Crippen molar-refractivity contribution in [1.29, 1.82) is 0 Å². The molecule has 0 radical (unpaired) electrons. The largest absolute Gasteiger partial charge is 0.336 e. The van der Waals surface area contributed by atoms with Gasteiger partial charge in [-0.05, 0) is 12.2 Å². The van der Waals surface area contributed by atoms with Crippen molar-refractivity contribution in [3.8, 4) is 0 Å². The fraction of sp³-hybridized carbons (Fsp3) is 0.375. The Morgan fingerprint density at radius 3 is 2.64 bits per heavy atom. The first-order valence-corrected chi connectivity index (χ1v) is 4.71. The van der Waals surface area contributed by atoms with Crippen molar-refractivity contribution in [2.45, 2.75) is 19.8 Å². The van der Waals surface area contributed by atoms with E-state index in [1.54, 1.807) is 0 Å². The Morgan fingerprint density at radius 2 is 2.00 bits per heavy atom. The lowest BCUT2D eigenvalue weighted by Crippen LogP contribution is -2.07. The lowest BCUT2D eigenvalue weighted by molar-refractivity contribution is 0.798. The van der Waals surface area contributed by atoms with Gasteiger partial charge in [0, 0.05) is 5.92 Å².